The first-order valence-corrected chi connectivity index (χ1v) is 10.9. The van der Waals surface area contributed by atoms with Gasteiger partial charge in [-0.2, -0.15) is 0 Å². The number of alkyl carbamates (subject to hydrolysis) is 1. The van der Waals surface area contributed by atoms with Crippen LogP contribution in [0.2, 0.25) is 0 Å². The monoisotopic (exact) mass is 409 g/mol. The first-order valence-electron chi connectivity index (χ1n) is 10.0. The predicted octanol–water partition coefficient (Wildman–Crippen LogP) is 2.65. The number of hydrogen-bond acceptors (Lipinski definition) is 5. The van der Waals surface area contributed by atoms with E-state index in [-0.39, 0.29) is 0 Å². The Labute approximate surface area is 172 Å². The van der Waals surface area contributed by atoms with Crippen LogP contribution in [0, 0.1) is 5.92 Å². The number of nitrogens with one attached hydrogen (secondary N) is 3. The molecule has 0 aliphatic carbocycles. The molecule has 1 aromatic rings. The van der Waals surface area contributed by atoms with Crippen molar-refractivity contribution in [3.63, 3.8) is 0 Å². The highest BCUT2D eigenvalue weighted by molar-refractivity contribution is 7.09. The smallest absolute Gasteiger partial charge is 0.407 e. The maximum absolute atomic E-state index is 11.6. The van der Waals surface area contributed by atoms with E-state index in [0.29, 0.717) is 19.0 Å². The Morgan fingerprint density at radius 3 is 2.79 bits per heavy atom. The summed E-state index contributed by atoms with van der Waals surface area (Å²) < 4.78 is 5.22. The van der Waals surface area contributed by atoms with Gasteiger partial charge in [0.25, 0.3) is 0 Å². The summed E-state index contributed by atoms with van der Waals surface area (Å²) in [7, 11) is 1.76. The summed E-state index contributed by atoms with van der Waals surface area (Å²) in [5.41, 5.74) is -0.480. The fourth-order valence-corrected chi connectivity index (χ4v) is 3.95. The minimum absolute atomic E-state index is 0.398. The number of rotatable bonds is 7. The Morgan fingerprint density at radius 1 is 1.32 bits per heavy atom. The first-order chi connectivity index (χ1) is 13.4. The Balaban J connectivity index is 1.62. The molecule has 1 atom stereocenters. The van der Waals surface area contributed by atoms with E-state index >= 15 is 0 Å². The lowest BCUT2D eigenvalue weighted by Gasteiger charge is -2.32. The van der Waals surface area contributed by atoms with Gasteiger partial charge >= 0.3 is 6.09 Å². The molecule has 1 unspecified atom stereocenters. The van der Waals surface area contributed by atoms with E-state index in [9.17, 15) is 4.79 Å². The highest BCUT2D eigenvalue weighted by Gasteiger charge is 2.20. The van der Waals surface area contributed by atoms with Crippen molar-refractivity contribution in [1.29, 1.82) is 0 Å². The number of carbonyl (C=O) groups is 1. The molecule has 3 N–H and O–H groups in total. The zero-order valence-electron chi connectivity index (χ0n) is 17.6. The van der Waals surface area contributed by atoms with Crippen molar-refractivity contribution in [2.45, 2.75) is 45.8 Å². The van der Waals surface area contributed by atoms with Gasteiger partial charge in [-0.25, -0.2) is 4.79 Å². The molecule has 1 fully saturated rings. The quantitative estimate of drug-likeness (QED) is 0.367. The van der Waals surface area contributed by atoms with Crippen LogP contribution in [-0.4, -0.2) is 62.3 Å². The number of carbonyl (C=O) groups excluding carboxylic acids is 1. The SMILES string of the molecule is CN=C(NCCNC(=O)OC(C)(C)C)NCC1CCCN(Cc2cccs2)C1. The maximum atomic E-state index is 11.6. The standard InChI is InChI=1S/C20H35N5O2S/c1-20(2,3)27-19(26)23-10-9-22-18(21-4)24-13-16-7-5-11-25(14-16)15-17-8-6-12-28-17/h6,8,12,16H,5,7,9-11,13-15H2,1-4H3,(H,23,26)(H2,21,22,24). The van der Waals surface area contributed by atoms with Crippen LogP contribution in [0.1, 0.15) is 38.5 Å². The maximum Gasteiger partial charge on any atom is 0.407 e. The van der Waals surface area contributed by atoms with Crippen LogP contribution < -0.4 is 16.0 Å². The molecule has 0 radical (unpaired) electrons. The lowest BCUT2D eigenvalue weighted by atomic mass is 9.98. The Hall–Kier alpha value is -1.80. The second-order valence-electron chi connectivity index (χ2n) is 8.13. The van der Waals surface area contributed by atoms with E-state index < -0.39 is 11.7 Å². The number of thiophene rings is 1. The Morgan fingerprint density at radius 2 is 2.11 bits per heavy atom. The van der Waals surface area contributed by atoms with Crippen LogP contribution in [0.5, 0.6) is 0 Å². The fourth-order valence-electron chi connectivity index (χ4n) is 3.21. The number of aliphatic imine (C=N–C) groups is 1. The topological polar surface area (TPSA) is 78.0 Å². The summed E-state index contributed by atoms with van der Waals surface area (Å²) in [6, 6.07) is 4.33. The molecule has 7 nitrogen and oxygen atoms in total. The van der Waals surface area contributed by atoms with Gasteiger partial charge in [-0.15, -0.1) is 11.3 Å². The van der Waals surface area contributed by atoms with E-state index in [0.717, 1.165) is 25.6 Å². The molecule has 2 rings (SSSR count). The summed E-state index contributed by atoms with van der Waals surface area (Å²) >= 11 is 1.83. The van der Waals surface area contributed by atoms with E-state index in [2.05, 4.69) is 43.4 Å². The average molecular weight is 410 g/mol. The van der Waals surface area contributed by atoms with Crippen molar-refractivity contribution < 1.29 is 9.53 Å². The van der Waals surface area contributed by atoms with Crippen LogP contribution in [0.4, 0.5) is 4.79 Å². The third-order valence-electron chi connectivity index (χ3n) is 4.43. The molecule has 28 heavy (non-hydrogen) atoms. The zero-order chi connectivity index (χ0) is 20.4. The highest BCUT2D eigenvalue weighted by atomic mass is 32.1. The van der Waals surface area contributed by atoms with Crippen molar-refractivity contribution >= 4 is 23.4 Å². The van der Waals surface area contributed by atoms with Gasteiger partial charge in [-0.05, 0) is 57.5 Å². The number of piperidine rings is 1. The summed E-state index contributed by atoms with van der Waals surface area (Å²) in [5.74, 6) is 1.38. The van der Waals surface area contributed by atoms with Crippen LogP contribution in [-0.2, 0) is 11.3 Å². The van der Waals surface area contributed by atoms with Gasteiger partial charge in [-0.3, -0.25) is 9.89 Å². The van der Waals surface area contributed by atoms with E-state index in [1.165, 1.54) is 24.3 Å². The summed E-state index contributed by atoms with van der Waals surface area (Å²) in [5, 5.41) is 11.5. The van der Waals surface area contributed by atoms with Crippen LogP contribution >= 0.6 is 11.3 Å². The van der Waals surface area contributed by atoms with Gasteiger partial charge in [0.15, 0.2) is 5.96 Å². The molecule has 0 aromatic carbocycles. The van der Waals surface area contributed by atoms with Crippen molar-refractivity contribution in [3.8, 4) is 0 Å². The minimum Gasteiger partial charge on any atom is -0.444 e. The number of nitrogens with zero attached hydrogens (tertiary/aromatic N) is 2. The number of amides is 1. The number of guanidine groups is 1. The molecular weight excluding hydrogens is 374 g/mol. The van der Waals surface area contributed by atoms with Crippen molar-refractivity contribution in [1.82, 2.24) is 20.9 Å². The van der Waals surface area contributed by atoms with Gasteiger partial charge in [0, 0.05) is 44.6 Å². The van der Waals surface area contributed by atoms with E-state index in [4.69, 9.17) is 4.74 Å². The lowest BCUT2D eigenvalue weighted by molar-refractivity contribution is 0.0529. The van der Waals surface area contributed by atoms with Crippen molar-refractivity contribution in [2.24, 2.45) is 10.9 Å². The van der Waals surface area contributed by atoms with E-state index in [1.54, 1.807) is 7.05 Å². The molecule has 2 heterocycles. The van der Waals surface area contributed by atoms with E-state index in [1.807, 2.05) is 32.1 Å². The molecule has 8 heteroatoms. The van der Waals surface area contributed by atoms with Crippen molar-refractivity contribution in [3.05, 3.63) is 22.4 Å². The largest absolute Gasteiger partial charge is 0.444 e. The lowest BCUT2D eigenvalue weighted by Crippen LogP contribution is -2.46. The predicted molar refractivity (Wildman–Crippen MR) is 116 cm³/mol. The molecule has 1 aliphatic rings. The molecule has 1 aliphatic heterocycles. The molecule has 1 amide bonds. The molecule has 0 bridgehead atoms. The molecule has 0 saturated carbocycles. The van der Waals surface area contributed by atoms with Gasteiger partial charge in [0.05, 0.1) is 0 Å². The molecular formula is C20H35N5O2S. The van der Waals surface area contributed by atoms with Crippen LogP contribution in [0.3, 0.4) is 0 Å². The molecule has 0 spiro atoms. The minimum atomic E-state index is -0.480. The third-order valence-corrected chi connectivity index (χ3v) is 5.29. The number of hydrogen-bond donors (Lipinski definition) is 3. The molecule has 158 valence electrons. The Bertz CT molecular complexity index is 613. The van der Waals surface area contributed by atoms with Gasteiger partial charge in [0.1, 0.15) is 5.60 Å². The van der Waals surface area contributed by atoms with Gasteiger partial charge < -0.3 is 20.7 Å². The third kappa shape index (κ3) is 8.93. The van der Waals surface area contributed by atoms with Gasteiger partial charge in [0.2, 0.25) is 0 Å². The first kappa shape index (κ1) is 22.5. The number of ether oxygens (including phenoxy) is 1. The second kappa shape index (κ2) is 11.3. The van der Waals surface area contributed by atoms with Crippen LogP contribution in [0.25, 0.3) is 0 Å². The van der Waals surface area contributed by atoms with Crippen molar-refractivity contribution in [2.75, 3.05) is 39.8 Å². The van der Waals surface area contributed by atoms with Crippen LogP contribution in [0.15, 0.2) is 22.5 Å². The summed E-state index contributed by atoms with van der Waals surface area (Å²) in [6.45, 7) is 10.9. The molecule has 1 aromatic heterocycles. The zero-order valence-corrected chi connectivity index (χ0v) is 18.4. The fraction of sp³-hybridized carbons (Fsp3) is 0.700. The second-order valence-corrected chi connectivity index (χ2v) is 9.16. The summed E-state index contributed by atoms with van der Waals surface area (Å²) in [4.78, 5) is 19.9. The Kier molecular flexibility index (Phi) is 9.05. The summed E-state index contributed by atoms with van der Waals surface area (Å²) in [6.07, 6.45) is 2.08. The molecule has 1 saturated heterocycles. The number of likely N-dealkylation sites (tertiary alicyclic amines) is 1. The highest BCUT2D eigenvalue weighted by Crippen LogP contribution is 2.19. The average Bonchev–Trinajstić information content (AvgIpc) is 3.13. The van der Waals surface area contributed by atoms with Gasteiger partial charge in [-0.1, -0.05) is 6.07 Å². The normalized spacial score (nSPS) is 18.6.